The van der Waals surface area contributed by atoms with Gasteiger partial charge in [-0.1, -0.05) is 29.6 Å². The summed E-state index contributed by atoms with van der Waals surface area (Å²) in [5.74, 6) is 31.8. The van der Waals surface area contributed by atoms with Crippen molar-refractivity contribution in [3.8, 4) is 71.0 Å². The van der Waals surface area contributed by atoms with E-state index in [1.165, 1.54) is 0 Å². The molecule has 1 aliphatic carbocycles. The molecule has 0 aromatic heterocycles. The smallest absolute Gasteiger partial charge is 0.321 e. The zero-order valence-corrected chi connectivity index (χ0v) is 21.5. The van der Waals surface area contributed by atoms with Crippen LogP contribution < -0.4 is 0 Å². The summed E-state index contributed by atoms with van der Waals surface area (Å²) in [4.78, 5) is 32.8. The first-order chi connectivity index (χ1) is 18.0. The van der Waals surface area contributed by atoms with Crippen molar-refractivity contribution in [3.63, 3.8) is 0 Å². The SMILES string of the molecule is CC#CC#CC1CCCC(=O)O1.CC#CC#CC1CCCC1=O.CC#CC#CC1CCCOC1=O.OO. The van der Waals surface area contributed by atoms with Crippen LogP contribution in [0.15, 0.2) is 0 Å². The maximum atomic E-state index is 11.0. The molecule has 194 valence electrons. The minimum atomic E-state index is -0.250. The number of ketones is 1. The molecule has 0 aromatic rings. The van der Waals surface area contributed by atoms with E-state index >= 15 is 0 Å². The van der Waals surface area contributed by atoms with Crippen molar-refractivity contribution in [1.82, 2.24) is 0 Å². The monoisotopic (exact) mass is 504 g/mol. The number of hydrogen-bond acceptors (Lipinski definition) is 7. The summed E-state index contributed by atoms with van der Waals surface area (Å²) < 4.78 is 9.78. The molecule has 7 nitrogen and oxygen atoms in total. The molecule has 37 heavy (non-hydrogen) atoms. The van der Waals surface area contributed by atoms with Crippen LogP contribution in [0.3, 0.4) is 0 Å². The van der Waals surface area contributed by atoms with Gasteiger partial charge in [-0.05, 0) is 101 Å². The molecular formula is C30H32O7. The van der Waals surface area contributed by atoms with Crippen LogP contribution in [0.5, 0.6) is 0 Å². The molecule has 2 heterocycles. The largest absolute Gasteiger partial charge is 0.465 e. The zero-order valence-electron chi connectivity index (χ0n) is 21.5. The van der Waals surface area contributed by atoms with Gasteiger partial charge in [0.25, 0.3) is 0 Å². The van der Waals surface area contributed by atoms with E-state index in [0.717, 1.165) is 38.5 Å². The number of carbonyl (C=O) groups is 3. The minimum absolute atomic E-state index is 0.0177. The predicted molar refractivity (Wildman–Crippen MR) is 139 cm³/mol. The average Bonchev–Trinajstić information content (AvgIpc) is 3.32. The van der Waals surface area contributed by atoms with Gasteiger partial charge < -0.3 is 9.47 Å². The summed E-state index contributed by atoms with van der Waals surface area (Å²) in [5, 5.41) is 12.0. The number of hydrogen-bond donors (Lipinski definition) is 2. The van der Waals surface area contributed by atoms with Gasteiger partial charge in [0.15, 0.2) is 6.10 Å². The van der Waals surface area contributed by atoms with Gasteiger partial charge in [0.2, 0.25) is 0 Å². The maximum absolute atomic E-state index is 11.0. The molecule has 1 saturated carbocycles. The first-order valence-electron chi connectivity index (χ1n) is 11.9. The van der Waals surface area contributed by atoms with Crippen LogP contribution in [0.25, 0.3) is 0 Å². The van der Waals surface area contributed by atoms with Gasteiger partial charge in [0, 0.05) is 12.8 Å². The van der Waals surface area contributed by atoms with Gasteiger partial charge in [-0.15, -0.1) is 0 Å². The van der Waals surface area contributed by atoms with Crippen LogP contribution in [0.2, 0.25) is 0 Å². The number of carbonyl (C=O) groups excluding carboxylic acids is 3. The number of Topliss-reactive ketones (excluding diaryl/α,β-unsaturated/α-hetero) is 1. The topological polar surface area (TPSA) is 110 Å². The molecule has 3 atom stereocenters. The van der Waals surface area contributed by atoms with E-state index in [4.69, 9.17) is 20.0 Å². The van der Waals surface area contributed by atoms with Gasteiger partial charge >= 0.3 is 11.9 Å². The van der Waals surface area contributed by atoms with Crippen molar-refractivity contribution in [2.45, 2.75) is 78.2 Å². The molecule has 0 spiro atoms. The quantitative estimate of drug-likeness (QED) is 0.225. The Kier molecular flexibility index (Phi) is 19.9. The molecule has 3 rings (SSSR count). The van der Waals surface area contributed by atoms with E-state index in [1.54, 1.807) is 20.8 Å². The number of esters is 2. The fourth-order valence-corrected chi connectivity index (χ4v) is 3.14. The minimum Gasteiger partial charge on any atom is -0.465 e. The number of cyclic esters (lactones) is 2. The van der Waals surface area contributed by atoms with Crippen LogP contribution in [0, 0.1) is 82.9 Å². The standard InChI is InChI=1S/2C10H10O2.C10H10O.H2O2/c1-2-3-4-6-9-7-5-8-12-10(9)11;1-2-3-4-6-9-7-5-8-10(11)12-9;1-2-3-4-6-9-7-5-8-10(9)11;1-2/h2*9H,5,7-8H2,1H3;9H,5,7-8H2,1H3;1-2H. The van der Waals surface area contributed by atoms with Crippen molar-refractivity contribution < 1.29 is 34.4 Å². The highest BCUT2D eigenvalue weighted by atomic mass is 17.0. The van der Waals surface area contributed by atoms with Gasteiger partial charge in [0.05, 0.1) is 12.5 Å². The fourth-order valence-electron chi connectivity index (χ4n) is 3.14. The molecule has 3 unspecified atom stereocenters. The summed E-state index contributed by atoms with van der Waals surface area (Å²) in [7, 11) is 0. The van der Waals surface area contributed by atoms with Crippen LogP contribution in [-0.4, -0.2) is 40.9 Å². The summed E-state index contributed by atoms with van der Waals surface area (Å²) in [6.45, 7) is 5.72. The lowest BCUT2D eigenvalue weighted by Gasteiger charge is -2.16. The third kappa shape index (κ3) is 16.2. The van der Waals surface area contributed by atoms with Crippen molar-refractivity contribution >= 4 is 17.7 Å². The first kappa shape index (κ1) is 32.9. The first-order valence-corrected chi connectivity index (χ1v) is 11.9. The Hall–Kier alpha value is -4.11. The Labute approximate surface area is 220 Å². The van der Waals surface area contributed by atoms with E-state index in [2.05, 4.69) is 71.0 Å². The van der Waals surface area contributed by atoms with E-state index < -0.39 is 0 Å². The van der Waals surface area contributed by atoms with Crippen LogP contribution in [0.4, 0.5) is 0 Å². The molecule has 0 radical (unpaired) electrons. The summed E-state index contributed by atoms with van der Waals surface area (Å²) >= 11 is 0. The Morgan fingerprint density at radius 1 is 0.676 bits per heavy atom. The van der Waals surface area contributed by atoms with E-state index in [9.17, 15) is 14.4 Å². The van der Waals surface area contributed by atoms with Gasteiger partial charge in [-0.2, -0.15) is 0 Å². The normalized spacial score (nSPS) is 20.2. The molecule has 7 heteroatoms. The molecule has 2 saturated heterocycles. The average molecular weight is 505 g/mol. The summed E-state index contributed by atoms with van der Waals surface area (Å²) in [5.41, 5.74) is 0. The highest BCUT2D eigenvalue weighted by molar-refractivity contribution is 5.85. The fraction of sp³-hybridized carbons (Fsp3) is 0.500. The Balaban J connectivity index is 0.000000508. The second-order valence-corrected chi connectivity index (χ2v) is 7.58. The molecule has 2 aliphatic heterocycles. The van der Waals surface area contributed by atoms with Crippen molar-refractivity contribution in [1.29, 1.82) is 0 Å². The Morgan fingerprint density at radius 3 is 1.73 bits per heavy atom. The second kappa shape index (κ2) is 22.4. The third-order valence-electron chi connectivity index (χ3n) is 4.88. The number of ether oxygens (including phenoxy) is 2. The van der Waals surface area contributed by atoms with Crippen molar-refractivity contribution in [3.05, 3.63) is 0 Å². The molecule has 3 fully saturated rings. The molecule has 3 aliphatic rings. The Bertz CT molecular complexity index is 1130. The lowest BCUT2D eigenvalue weighted by Crippen LogP contribution is -2.22. The van der Waals surface area contributed by atoms with E-state index in [1.807, 2.05) is 0 Å². The highest BCUT2D eigenvalue weighted by Gasteiger charge is 2.22. The highest BCUT2D eigenvalue weighted by Crippen LogP contribution is 2.19. The lowest BCUT2D eigenvalue weighted by atomic mass is 10.0. The maximum Gasteiger partial charge on any atom is 0.321 e. The lowest BCUT2D eigenvalue weighted by molar-refractivity contribution is -0.176. The second-order valence-electron chi connectivity index (χ2n) is 7.58. The van der Waals surface area contributed by atoms with E-state index in [-0.39, 0.29) is 35.7 Å². The summed E-state index contributed by atoms with van der Waals surface area (Å²) in [6.07, 6.45) is 6.35. The zero-order chi connectivity index (χ0) is 27.7. The van der Waals surface area contributed by atoms with Gasteiger partial charge in [0.1, 0.15) is 11.7 Å². The number of rotatable bonds is 0. The van der Waals surface area contributed by atoms with Crippen LogP contribution in [0.1, 0.15) is 72.1 Å². The Morgan fingerprint density at radius 2 is 1.22 bits per heavy atom. The van der Waals surface area contributed by atoms with Gasteiger partial charge in [-0.3, -0.25) is 24.9 Å². The van der Waals surface area contributed by atoms with Crippen LogP contribution >= 0.6 is 0 Å². The summed E-state index contributed by atoms with van der Waals surface area (Å²) in [6, 6.07) is 0. The molecule has 0 amide bonds. The molecular weight excluding hydrogens is 472 g/mol. The predicted octanol–water partition coefficient (Wildman–Crippen LogP) is 3.47. The van der Waals surface area contributed by atoms with Crippen molar-refractivity contribution in [2.75, 3.05) is 6.61 Å². The third-order valence-corrected chi connectivity index (χ3v) is 4.88. The van der Waals surface area contributed by atoms with Crippen LogP contribution in [-0.2, 0) is 23.9 Å². The molecule has 0 bridgehead atoms. The van der Waals surface area contributed by atoms with E-state index in [0.29, 0.717) is 19.4 Å². The molecule has 0 aromatic carbocycles. The molecule has 2 N–H and O–H groups in total. The van der Waals surface area contributed by atoms with Gasteiger partial charge in [-0.25, -0.2) is 0 Å². The van der Waals surface area contributed by atoms with Crippen molar-refractivity contribution in [2.24, 2.45) is 11.8 Å².